The summed E-state index contributed by atoms with van der Waals surface area (Å²) in [6.45, 7) is 3.21. The number of hydrogen-bond acceptors (Lipinski definition) is 2. The fourth-order valence-corrected chi connectivity index (χ4v) is 1.13. The van der Waals surface area contributed by atoms with Gasteiger partial charge in [0, 0.05) is 0 Å². The molecule has 0 aliphatic rings. The van der Waals surface area contributed by atoms with Crippen molar-refractivity contribution in [2.45, 2.75) is 51.3 Å². The second kappa shape index (κ2) is 5.17. The van der Waals surface area contributed by atoms with E-state index in [1.165, 1.54) is 6.92 Å². The van der Waals surface area contributed by atoms with Crippen LogP contribution in [0.3, 0.4) is 0 Å². The number of hydrogen-bond donors (Lipinski definition) is 2. The molecule has 2 unspecified atom stereocenters. The molecule has 0 saturated heterocycles. The van der Waals surface area contributed by atoms with Gasteiger partial charge in [-0.05, 0) is 13.3 Å². The first kappa shape index (κ1) is 12.4. The average Bonchev–Trinajstić information content (AvgIpc) is 2.03. The first-order valence-electron chi connectivity index (χ1n) is 4.51. The molecule has 0 aromatic heterocycles. The summed E-state index contributed by atoms with van der Waals surface area (Å²) in [7, 11) is 0. The maximum atomic E-state index is 12.9. The van der Waals surface area contributed by atoms with Crippen LogP contribution in [0, 0.1) is 0 Å². The normalized spacial score (nSPS) is 17.8. The fraction of sp³-hybridized carbons (Fsp3) is 0.889. The summed E-state index contributed by atoms with van der Waals surface area (Å²) in [6, 6.07) is 0. The fourth-order valence-electron chi connectivity index (χ4n) is 1.13. The SMILES string of the molecule is CCCCCC(C)(O)C(F)C(=O)O. The van der Waals surface area contributed by atoms with Crippen LogP contribution in [-0.4, -0.2) is 28.0 Å². The van der Waals surface area contributed by atoms with Crippen molar-refractivity contribution in [1.29, 1.82) is 0 Å². The van der Waals surface area contributed by atoms with Crippen LogP contribution in [0.1, 0.15) is 39.5 Å². The summed E-state index contributed by atoms with van der Waals surface area (Å²) in [4.78, 5) is 10.2. The molecule has 0 spiro atoms. The number of carboxylic acids is 1. The highest BCUT2D eigenvalue weighted by molar-refractivity contribution is 5.73. The van der Waals surface area contributed by atoms with Gasteiger partial charge in [0.25, 0.3) is 0 Å². The van der Waals surface area contributed by atoms with Crippen LogP contribution in [0.25, 0.3) is 0 Å². The van der Waals surface area contributed by atoms with Gasteiger partial charge in [0.2, 0.25) is 6.17 Å². The molecular formula is C9H17FO3. The summed E-state index contributed by atoms with van der Waals surface area (Å²) in [6.07, 6.45) is 0.484. The van der Waals surface area contributed by atoms with Gasteiger partial charge >= 0.3 is 5.97 Å². The Kier molecular flexibility index (Phi) is 4.91. The van der Waals surface area contributed by atoms with E-state index in [-0.39, 0.29) is 6.42 Å². The van der Waals surface area contributed by atoms with E-state index < -0.39 is 17.7 Å². The number of carbonyl (C=O) groups is 1. The molecule has 0 aromatic rings. The number of aliphatic hydroxyl groups is 1. The molecule has 0 aromatic carbocycles. The van der Waals surface area contributed by atoms with Gasteiger partial charge in [-0.1, -0.05) is 26.2 Å². The number of aliphatic carboxylic acids is 1. The second-order valence-corrected chi connectivity index (χ2v) is 3.52. The third-order valence-electron chi connectivity index (χ3n) is 2.05. The van der Waals surface area contributed by atoms with Crippen LogP contribution in [0.5, 0.6) is 0 Å². The van der Waals surface area contributed by atoms with Crippen molar-refractivity contribution in [2.75, 3.05) is 0 Å². The Morgan fingerprint density at radius 1 is 1.54 bits per heavy atom. The number of carboxylic acid groups (broad SMARTS) is 1. The van der Waals surface area contributed by atoms with Gasteiger partial charge in [-0.25, -0.2) is 9.18 Å². The maximum absolute atomic E-state index is 12.9. The predicted molar refractivity (Wildman–Crippen MR) is 47.3 cm³/mol. The van der Waals surface area contributed by atoms with Crippen molar-refractivity contribution in [3.63, 3.8) is 0 Å². The van der Waals surface area contributed by atoms with Crippen molar-refractivity contribution >= 4 is 5.97 Å². The number of halogens is 1. The zero-order valence-corrected chi connectivity index (χ0v) is 8.09. The molecule has 13 heavy (non-hydrogen) atoms. The molecular weight excluding hydrogens is 175 g/mol. The zero-order valence-electron chi connectivity index (χ0n) is 8.09. The van der Waals surface area contributed by atoms with Crippen LogP contribution < -0.4 is 0 Å². The monoisotopic (exact) mass is 192 g/mol. The van der Waals surface area contributed by atoms with E-state index in [0.717, 1.165) is 12.8 Å². The molecule has 78 valence electrons. The molecule has 0 radical (unpaired) electrons. The van der Waals surface area contributed by atoms with E-state index in [0.29, 0.717) is 6.42 Å². The summed E-state index contributed by atoms with van der Waals surface area (Å²) in [5, 5.41) is 17.8. The van der Waals surface area contributed by atoms with Gasteiger partial charge in [0.1, 0.15) is 5.60 Å². The Hall–Kier alpha value is -0.640. The highest BCUT2D eigenvalue weighted by Crippen LogP contribution is 2.21. The number of alkyl halides is 1. The molecule has 0 heterocycles. The number of unbranched alkanes of at least 4 members (excludes halogenated alkanes) is 2. The van der Waals surface area contributed by atoms with Crippen molar-refractivity contribution in [3.8, 4) is 0 Å². The van der Waals surface area contributed by atoms with Crippen molar-refractivity contribution < 1.29 is 19.4 Å². The third-order valence-corrected chi connectivity index (χ3v) is 2.05. The van der Waals surface area contributed by atoms with Crippen LogP contribution >= 0.6 is 0 Å². The lowest BCUT2D eigenvalue weighted by Gasteiger charge is -2.24. The minimum absolute atomic E-state index is 0.189. The van der Waals surface area contributed by atoms with Gasteiger partial charge < -0.3 is 10.2 Å². The van der Waals surface area contributed by atoms with Crippen LogP contribution in [0.15, 0.2) is 0 Å². The van der Waals surface area contributed by atoms with Crippen molar-refractivity contribution in [3.05, 3.63) is 0 Å². The van der Waals surface area contributed by atoms with E-state index in [1.807, 2.05) is 6.92 Å². The molecule has 0 bridgehead atoms. The minimum atomic E-state index is -2.19. The van der Waals surface area contributed by atoms with Gasteiger partial charge in [-0.2, -0.15) is 0 Å². The average molecular weight is 192 g/mol. The Morgan fingerprint density at radius 2 is 2.08 bits per heavy atom. The van der Waals surface area contributed by atoms with E-state index in [2.05, 4.69) is 0 Å². The molecule has 2 atom stereocenters. The standard InChI is InChI=1S/C9H17FO3/c1-3-4-5-6-9(2,13)7(10)8(11)12/h7,13H,3-6H2,1-2H3,(H,11,12). The summed E-state index contributed by atoms with van der Waals surface area (Å²) in [5.41, 5.74) is -1.74. The Morgan fingerprint density at radius 3 is 2.46 bits per heavy atom. The third kappa shape index (κ3) is 4.22. The minimum Gasteiger partial charge on any atom is -0.479 e. The summed E-state index contributed by atoms with van der Waals surface area (Å²) < 4.78 is 12.9. The van der Waals surface area contributed by atoms with Crippen molar-refractivity contribution in [2.24, 2.45) is 0 Å². The largest absolute Gasteiger partial charge is 0.479 e. The topological polar surface area (TPSA) is 57.5 Å². The predicted octanol–water partition coefficient (Wildman–Crippen LogP) is 1.74. The molecule has 2 N–H and O–H groups in total. The lowest BCUT2D eigenvalue weighted by atomic mass is 9.93. The lowest BCUT2D eigenvalue weighted by molar-refractivity contribution is -0.153. The van der Waals surface area contributed by atoms with Crippen molar-refractivity contribution in [1.82, 2.24) is 0 Å². The molecule has 0 aliphatic heterocycles. The highest BCUT2D eigenvalue weighted by atomic mass is 19.1. The maximum Gasteiger partial charge on any atom is 0.341 e. The first-order valence-corrected chi connectivity index (χ1v) is 4.51. The van der Waals surface area contributed by atoms with Gasteiger partial charge in [0.15, 0.2) is 0 Å². The zero-order chi connectivity index (χ0) is 10.5. The molecule has 0 saturated carbocycles. The second-order valence-electron chi connectivity index (χ2n) is 3.52. The Bertz CT molecular complexity index is 168. The van der Waals surface area contributed by atoms with E-state index in [9.17, 15) is 14.3 Å². The van der Waals surface area contributed by atoms with E-state index in [4.69, 9.17) is 5.11 Å². The molecule has 0 fully saturated rings. The summed E-state index contributed by atoms with van der Waals surface area (Å²) in [5.74, 6) is -1.60. The molecule has 0 amide bonds. The van der Waals surface area contributed by atoms with E-state index in [1.54, 1.807) is 0 Å². The lowest BCUT2D eigenvalue weighted by Crippen LogP contribution is -2.41. The smallest absolute Gasteiger partial charge is 0.341 e. The molecule has 0 aliphatic carbocycles. The van der Waals surface area contributed by atoms with Gasteiger partial charge in [-0.3, -0.25) is 0 Å². The van der Waals surface area contributed by atoms with Crippen LogP contribution in [0.4, 0.5) is 4.39 Å². The molecule has 3 nitrogen and oxygen atoms in total. The quantitative estimate of drug-likeness (QED) is 0.630. The Labute approximate surface area is 77.6 Å². The summed E-state index contributed by atoms with van der Waals surface area (Å²) >= 11 is 0. The van der Waals surface area contributed by atoms with Gasteiger partial charge in [0.05, 0.1) is 0 Å². The highest BCUT2D eigenvalue weighted by Gasteiger charge is 2.36. The number of rotatable bonds is 6. The van der Waals surface area contributed by atoms with Crippen LogP contribution in [-0.2, 0) is 4.79 Å². The molecule has 4 heteroatoms. The van der Waals surface area contributed by atoms with E-state index >= 15 is 0 Å². The Balaban J connectivity index is 3.98. The van der Waals surface area contributed by atoms with Crippen LogP contribution in [0.2, 0.25) is 0 Å². The first-order chi connectivity index (χ1) is 5.91. The van der Waals surface area contributed by atoms with Gasteiger partial charge in [-0.15, -0.1) is 0 Å². The molecule has 0 rings (SSSR count).